The first kappa shape index (κ1) is 11.5. The zero-order valence-electron chi connectivity index (χ0n) is 7.24. The molecule has 1 nitrogen and oxygen atoms in total. The first-order valence-corrected chi connectivity index (χ1v) is 4.80. The van der Waals surface area contributed by atoms with Crippen LogP contribution in [0.25, 0.3) is 0 Å². The van der Waals surface area contributed by atoms with E-state index in [9.17, 15) is 13.2 Å². The molecular weight excluding hydrogens is 259 g/mol. The Bertz CT molecular complexity index is 328. The van der Waals surface area contributed by atoms with Gasteiger partial charge in [-0.25, -0.2) is 13.2 Å². The van der Waals surface area contributed by atoms with E-state index in [0.29, 0.717) is 0 Å². The summed E-state index contributed by atoms with van der Waals surface area (Å²) in [6, 6.07) is 3.14. The maximum atomic E-state index is 13.2. The fraction of sp³-hybridized carbons (Fsp3) is 0.333. The summed E-state index contributed by atoms with van der Waals surface area (Å²) >= 11 is 2.85. The van der Waals surface area contributed by atoms with Crippen molar-refractivity contribution in [1.82, 2.24) is 0 Å². The highest BCUT2D eigenvalue weighted by Gasteiger charge is 2.30. The third-order valence-electron chi connectivity index (χ3n) is 1.80. The predicted molar refractivity (Wildman–Crippen MR) is 51.7 cm³/mol. The average molecular weight is 268 g/mol. The number of hydrogen-bond acceptors (Lipinski definition) is 1. The molecule has 0 spiro atoms. The number of benzene rings is 1. The van der Waals surface area contributed by atoms with E-state index in [1.165, 1.54) is 0 Å². The summed E-state index contributed by atoms with van der Waals surface area (Å²) in [6.07, 6.45) is -0.439. The molecule has 78 valence electrons. The molecule has 0 unspecified atom stereocenters. The van der Waals surface area contributed by atoms with Crippen molar-refractivity contribution in [2.45, 2.75) is 12.3 Å². The SMILES string of the molecule is NCCC(F)(F)c1ccc(F)c(Br)c1. The minimum atomic E-state index is -3.00. The second-order valence-corrected chi connectivity index (χ2v) is 3.73. The summed E-state index contributed by atoms with van der Waals surface area (Å²) in [4.78, 5) is 0. The van der Waals surface area contributed by atoms with Crippen LogP contribution in [0.1, 0.15) is 12.0 Å². The Balaban J connectivity index is 3.01. The van der Waals surface area contributed by atoms with Gasteiger partial charge >= 0.3 is 0 Å². The fourth-order valence-electron chi connectivity index (χ4n) is 1.05. The van der Waals surface area contributed by atoms with Crippen molar-refractivity contribution in [3.05, 3.63) is 34.1 Å². The lowest BCUT2D eigenvalue weighted by atomic mass is 10.1. The highest BCUT2D eigenvalue weighted by atomic mass is 79.9. The summed E-state index contributed by atoms with van der Waals surface area (Å²) in [5, 5.41) is 0. The van der Waals surface area contributed by atoms with Crippen molar-refractivity contribution in [1.29, 1.82) is 0 Å². The first-order chi connectivity index (χ1) is 6.47. The normalized spacial score (nSPS) is 11.8. The van der Waals surface area contributed by atoms with Crippen LogP contribution in [0.3, 0.4) is 0 Å². The number of hydrogen-bond donors (Lipinski definition) is 1. The average Bonchev–Trinajstić information content (AvgIpc) is 2.09. The van der Waals surface area contributed by atoms with Crippen molar-refractivity contribution in [2.24, 2.45) is 5.73 Å². The lowest BCUT2D eigenvalue weighted by Gasteiger charge is -2.15. The molecule has 0 amide bonds. The molecule has 0 bridgehead atoms. The maximum Gasteiger partial charge on any atom is 0.274 e. The molecule has 14 heavy (non-hydrogen) atoms. The van der Waals surface area contributed by atoms with Gasteiger partial charge in [-0.3, -0.25) is 0 Å². The Labute approximate surface area is 88.2 Å². The summed E-state index contributed by atoms with van der Waals surface area (Å²) in [5.41, 5.74) is 4.83. The predicted octanol–water partition coefficient (Wildman–Crippen LogP) is 3.03. The van der Waals surface area contributed by atoms with Gasteiger partial charge in [0.2, 0.25) is 0 Å². The van der Waals surface area contributed by atoms with E-state index in [1.807, 2.05) is 0 Å². The molecule has 0 aliphatic rings. The molecule has 1 aromatic rings. The van der Waals surface area contributed by atoms with Gasteiger partial charge in [0.25, 0.3) is 5.92 Å². The van der Waals surface area contributed by atoms with Crippen LogP contribution in [-0.2, 0) is 5.92 Å². The zero-order valence-corrected chi connectivity index (χ0v) is 8.82. The molecule has 0 saturated heterocycles. The van der Waals surface area contributed by atoms with Crippen LogP contribution in [-0.4, -0.2) is 6.54 Å². The molecule has 0 atom stereocenters. The van der Waals surface area contributed by atoms with Gasteiger partial charge < -0.3 is 5.73 Å². The molecule has 2 N–H and O–H groups in total. The molecule has 1 aromatic carbocycles. The second kappa shape index (κ2) is 4.31. The summed E-state index contributed by atoms with van der Waals surface area (Å²) in [5.74, 6) is -3.55. The topological polar surface area (TPSA) is 26.0 Å². The summed E-state index contributed by atoms with van der Waals surface area (Å²) in [7, 11) is 0. The van der Waals surface area contributed by atoms with Crippen LogP contribution >= 0.6 is 15.9 Å². The molecule has 0 saturated carbocycles. The number of rotatable bonds is 3. The van der Waals surface area contributed by atoms with Crippen molar-refractivity contribution in [3.63, 3.8) is 0 Å². The van der Waals surface area contributed by atoms with E-state index in [1.54, 1.807) is 0 Å². The Kier molecular flexibility index (Phi) is 3.55. The molecule has 0 aliphatic heterocycles. The van der Waals surface area contributed by atoms with Gasteiger partial charge in [-0.1, -0.05) is 6.07 Å². The Morgan fingerprint density at radius 1 is 1.36 bits per heavy atom. The van der Waals surface area contributed by atoms with Crippen molar-refractivity contribution < 1.29 is 13.2 Å². The first-order valence-electron chi connectivity index (χ1n) is 4.01. The number of alkyl halides is 2. The van der Waals surface area contributed by atoms with Crippen molar-refractivity contribution in [3.8, 4) is 0 Å². The van der Waals surface area contributed by atoms with Crippen LogP contribution in [0.4, 0.5) is 13.2 Å². The van der Waals surface area contributed by atoms with Gasteiger partial charge in [0, 0.05) is 12.0 Å². The Morgan fingerprint density at radius 2 is 2.00 bits per heavy atom. The van der Waals surface area contributed by atoms with E-state index in [4.69, 9.17) is 5.73 Å². The van der Waals surface area contributed by atoms with Crippen LogP contribution in [0.2, 0.25) is 0 Å². The van der Waals surface area contributed by atoms with Gasteiger partial charge in [0.15, 0.2) is 0 Å². The lowest BCUT2D eigenvalue weighted by Crippen LogP contribution is -2.18. The van der Waals surface area contributed by atoms with Crippen LogP contribution in [0.5, 0.6) is 0 Å². The third-order valence-corrected chi connectivity index (χ3v) is 2.41. The molecule has 0 aliphatic carbocycles. The highest BCUT2D eigenvalue weighted by molar-refractivity contribution is 9.10. The van der Waals surface area contributed by atoms with Gasteiger partial charge in [0.05, 0.1) is 4.47 Å². The summed E-state index contributed by atoms with van der Waals surface area (Å²) < 4.78 is 39.3. The lowest BCUT2D eigenvalue weighted by molar-refractivity contribution is -0.0108. The molecule has 0 aromatic heterocycles. The highest BCUT2D eigenvalue weighted by Crippen LogP contribution is 2.33. The van der Waals surface area contributed by atoms with E-state index in [-0.39, 0.29) is 16.6 Å². The number of nitrogens with two attached hydrogens (primary N) is 1. The van der Waals surface area contributed by atoms with Gasteiger partial charge in [-0.05, 0) is 34.6 Å². The molecular formula is C9H9BrF3N. The van der Waals surface area contributed by atoms with Gasteiger partial charge in [-0.15, -0.1) is 0 Å². The zero-order chi connectivity index (χ0) is 10.8. The maximum absolute atomic E-state index is 13.2. The quantitative estimate of drug-likeness (QED) is 0.895. The van der Waals surface area contributed by atoms with Gasteiger partial charge in [-0.2, -0.15) is 0 Å². The Morgan fingerprint density at radius 3 is 2.50 bits per heavy atom. The van der Waals surface area contributed by atoms with E-state index >= 15 is 0 Å². The monoisotopic (exact) mass is 267 g/mol. The van der Waals surface area contributed by atoms with Crippen molar-refractivity contribution in [2.75, 3.05) is 6.54 Å². The largest absolute Gasteiger partial charge is 0.330 e. The van der Waals surface area contributed by atoms with Gasteiger partial charge in [0.1, 0.15) is 5.82 Å². The Hall–Kier alpha value is -0.550. The molecule has 5 heteroatoms. The van der Waals surface area contributed by atoms with E-state index in [0.717, 1.165) is 18.2 Å². The second-order valence-electron chi connectivity index (χ2n) is 2.87. The third kappa shape index (κ3) is 2.48. The molecule has 0 radical (unpaired) electrons. The minimum absolute atomic E-state index is 0.0340. The fourth-order valence-corrected chi connectivity index (χ4v) is 1.43. The van der Waals surface area contributed by atoms with Crippen LogP contribution in [0, 0.1) is 5.82 Å². The number of halogens is 4. The summed E-state index contributed by atoms with van der Waals surface area (Å²) in [6.45, 7) is -0.109. The van der Waals surface area contributed by atoms with Crippen LogP contribution in [0.15, 0.2) is 22.7 Å². The molecule has 0 fully saturated rings. The standard InChI is InChI=1S/C9H9BrF3N/c10-7-5-6(1-2-8(7)11)9(12,13)3-4-14/h1-2,5H,3-4,14H2. The minimum Gasteiger partial charge on any atom is -0.330 e. The van der Waals surface area contributed by atoms with Crippen molar-refractivity contribution >= 4 is 15.9 Å². The van der Waals surface area contributed by atoms with E-state index in [2.05, 4.69) is 15.9 Å². The molecule has 1 rings (SSSR count). The smallest absolute Gasteiger partial charge is 0.274 e. The van der Waals surface area contributed by atoms with E-state index < -0.39 is 18.2 Å². The van der Waals surface area contributed by atoms with Crippen LogP contribution < -0.4 is 5.73 Å². The molecule has 0 heterocycles.